The van der Waals surface area contributed by atoms with Crippen LogP contribution in [0.5, 0.6) is 0 Å². The highest BCUT2D eigenvalue weighted by molar-refractivity contribution is 6.09. The van der Waals surface area contributed by atoms with Crippen LogP contribution in [-0.4, -0.2) is 0 Å². The molecule has 10 aromatic rings. The molecule has 10 aromatic carbocycles. The van der Waals surface area contributed by atoms with Crippen molar-refractivity contribution >= 4 is 27.8 Å². The van der Waals surface area contributed by atoms with Crippen LogP contribution in [0.4, 0.5) is 17.1 Å². The number of nitrogens with zero attached hydrogens (tertiary/aromatic N) is 1. The topological polar surface area (TPSA) is 3.24 Å². The number of hydrogen-bond donors (Lipinski definition) is 0. The first kappa shape index (κ1) is 38.3. The van der Waals surface area contributed by atoms with E-state index in [9.17, 15) is 0 Å². The molecule has 0 radical (unpaired) electrons. The molecule has 326 valence electrons. The van der Waals surface area contributed by atoms with Gasteiger partial charge in [-0.2, -0.15) is 0 Å². The van der Waals surface area contributed by atoms with Gasteiger partial charge in [-0.3, -0.25) is 0 Å². The van der Waals surface area contributed by atoms with Crippen molar-refractivity contribution in [1.29, 1.82) is 0 Å². The zero-order chi connectivity index (χ0) is 45.1. The third-order valence-electron chi connectivity index (χ3n) is 18.8. The predicted octanol–water partition coefficient (Wildman–Crippen LogP) is 16.9. The van der Waals surface area contributed by atoms with Gasteiger partial charge in [0.25, 0.3) is 0 Å². The Morgan fingerprint density at radius 1 is 0.362 bits per heavy atom. The summed E-state index contributed by atoms with van der Waals surface area (Å²) in [7, 11) is 0. The normalized spacial score (nSPS) is 24.0. The van der Waals surface area contributed by atoms with E-state index in [1.165, 1.54) is 114 Å². The summed E-state index contributed by atoms with van der Waals surface area (Å²) >= 11 is 0. The Kier molecular flexibility index (Phi) is 7.60. The lowest BCUT2D eigenvalue weighted by atomic mass is 9.11. The van der Waals surface area contributed by atoms with Crippen LogP contribution < -0.4 is 4.90 Å². The molecule has 0 bridgehead atoms. The summed E-state index contributed by atoms with van der Waals surface area (Å²) in [6.07, 6.45) is 4.23. The second-order valence-electron chi connectivity index (χ2n) is 21.0. The van der Waals surface area contributed by atoms with Gasteiger partial charge in [0.2, 0.25) is 0 Å². The van der Waals surface area contributed by atoms with Crippen molar-refractivity contribution in [3.63, 3.8) is 0 Å². The molecule has 1 nitrogen and oxygen atoms in total. The van der Waals surface area contributed by atoms with Crippen LogP contribution in [0.15, 0.2) is 237 Å². The van der Waals surface area contributed by atoms with Gasteiger partial charge in [-0.1, -0.05) is 212 Å². The molecule has 0 N–H and O–H groups in total. The number of benzene rings is 10. The van der Waals surface area contributed by atoms with Gasteiger partial charge in [-0.05, 0) is 150 Å². The number of para-hydroxylation sites is 1. The lowest BCUT2D eigenvalue weighted by molar-refractivity contribution is -0.412. The van der Waals surface area contributed by atoms with Crippen LogP contribution in [-0.2, 0) is 10.8 Å². The first-order valence-electron chi connectivity index (χ1n) is 25.3. The molecule has 4 fully saturated rings. The van der Waals surface area contributed by atoms with E-state index in [0.717, 1.165) is 23.7 Å². The van der Waals surface area contributed by atoms with Gasteiger partial charge < -0.3 is 4.90 Å². The summed E-state index contributed by atoms with van der Waals surface area (Å²) in [5.41, 5.74) is 22.5. The van der Waals surface area contributed by atoms with E-state index in [0.29, 0.717) is 5.41 Å². The molecule has 0 amide bonds. The molecule has 4 unspecified atom stereocenters. The van der Waals surface area contributed by atoms with Crippen molar-refractivity contribution in [3.8, 4) is 44.5 Å². The lowest BCUT2D eigenvalue weighted by Gasteiger charge is -2.92. The second-order valence-corrected chi connectivity index (χ2v) is 21.0. The van der Waals surface area contributed by atoms with Gasteiger partial charge in [0.05, 0.1) is 16.8 Å². The van der Waals surface area contributed by atoms with Crippen molar-refractivity contribution in [2.24, 2.45) is 29.1 Å². The van der Waals surface area contributed by atoms with Gasteiger partial charge in [-0.25, -0.2) is 0 Å². The van der Waals surface area contributed by atoms with E-state index >= 15 is 0 Å². The minimum Gasteiger partial charge on any atom is -0.309 e. The maximum absolute atomic E-state index is 2.68. The number of fused-ring (bicyclic) bond motifs is 11. The Bertz CT molecular complexity index is 3690. The molecule has 4 atom stereocenters. The third kappa shape index (κ3) is 4.54. The smallest absolute Gasteiger partial charge is 0.0714 e. The zero-order valence-electron chi connectivity index (χ0n) is 38.4. The molecular formula is C68H49N. The summed E-state index contributed by atoms with van der Waals surface area (Å²) in [5.74, 6) is 3.37. The Hall–Kier alpha value is -7.74. The summed E-state index contributed by atoms with van der Waals surface area (Å²) in [6.45, 7) is 0. The molecule has 69 heavy (non-hydrogen) atoms. The van der Waals surface area contributed by atoms with Crippen LogP contribution in [0, 0.1) is 29.1 Å². The van der Waals surface area contributed by atoms with Gasteiger partial charge >= 0.3 is 0 Å². The van der Waals surface area contributed by atoms with E-state index in [2.05, 4.69) is 241 Å². The molecule has 16 rings (SSSR count). The lowest BCUT2D eigenvalue weighted by Crippen LogP contribution is -2.88. The first-order valence-corrected chi connectivity index (χ1v) is 25.3. The van der Waals surface area contributed by atoms with Crippen LogP contribution in [0.25, 0.3) is 55.3 Å². The molecule has 0 saturated heterocycles. The van der Waals surface area contributed by atoms with E-state index < -0.39 is 5.41 Å². The van der Waals surface area contributed by atoms with Crippen molar-refractivity contribution in [1.82, 2.24) is 0 Å². The fourth-order valence-electron chi connectivity index (χ4n) is 16.5. The number of hydrogen-bond acceptors (Lipinski definition) is 1. The van der Waals surface area contributed by atoms with E-state index in [4.69, 9.17) is 0 Å². The Morgan fingerprint density at radius 3 is 1.61 bits per heavy atom. The molecular weight excluding hydrogens is 831 g/mol. The minimum absolute atomic E-state index is 0.0851. The summed E-state index contributed by atoms with van der Waals surface area (Å²) in [6, 6.07) is 89.9. The quantitative estimate of drug-likeness (QED) is 0.154. The summed E-state index contributed by atoms with van der Waals surface area (Å²) in [5, 5.41) is 2.52. The molecule has 6 aliphatic carbocycles. The average molecular weight is 880 g/mol. The summed E-state index contributed by atoms with van der Waals surface area (Å²) in [4.78, 5) is 2.67. The van der Waals surface area contributed by atoms with E-state index in [-0.39, 0.29) is 5.41 Å². The maximum atomic E-state index is 2.68. The zero-order valence-corrected chi connectivity index (χ0v) is 38.4. The highest BCUT2D eigenvalue weighted by Crippen LogP contribution is 2.95. The van der Waals surface area contributed by atoms with Gasteiger partial charge in [0.1, 0.15) is 0 Å². The Morgan fingerprint density at radius 2 is 0.899 bits per heavy atom. The molecule has 0 aromatic heterocycles. The van der Waals surface area contributed by atoms with E-state index in [1.807, 2.05) is 0 Å². The fraction of sp³-hybridized carbons (Fsp3) is 0.147. The second kappa shape index (κ2) is 13.7. The van der Waals surface area contributed by atoms with Crippen LogP contribution >= 0.6 is 0 Å². The molecule has 6 aliphatic rings. The van der Waals surface area contributed by atoms with Gasteiger partial charge in [-0.15, -0.1) is 0 Å². The average Bonchev–Trinajstić information content (AvgIpc) is 3.88. The first-order chi connectivity index (χ1) is 34.2. The SMILES string of the molecule is c1ccc(-c2cccc3cccc(-c4ccccc4N(c4ccc5c(c4)C4(c6ccccc6-5)C5CC6CC7CC4C675)c4cccc5c4-c4ccccc4C5(c4ccccc4)c4ccccc4)c23)cc1. The molecule has 1 heteroatoms. The maximum Gasteiger partial charge on any atom is 0.0714 e. The number of anilines is 3. The van der Waals surface area contributed by atoms with Crippen molar-refractivity contribution in [2.75, 3.05) is 4.90 Å². The predicted molar refractivity (Wildman–Crippen MR) is 283 cm³/mol. The third-order valence-corrected chi connectivity index (χ3v) is 18.8. The van der Waals surface area contributed by atoms with Crippen LogP contribution in [0.3, 0.4) is 0 Å². The van der Waals surface area contributed by atoms with Crippen molar-refractivity contribution in [3.05, 3.63) is 270 Å². The standard InChI is InChI=1S/C68H49N/c1-4-19-43(20-5-1)50-30-16-21-44-22-17-31-54(64(44)50)53-28-12-15-35-60(53)69(49-37-38-52-51-27-10-13-32-56(51)68(59(52)42-49)62-40-47-39-48-41-63(68)67(47,48)62)61-36-18-34-58-65(61)55-29-11-14-33-57(55)66(58,45-23-6-2-7-24-45)46-25-8-3-9-26-46/h1-38,42,47-48,62-63H,39-41H2. The number of rotatable bonds is 7. The largest absolute Gasteiger partial charge is 0.309 e. The highest BCUT2D eigenvalue weighted by Gasteiger charge is 2.90. The van der Waals surface area contributed by atoms with Crippen LogP contribution in [0.2, 0.25) is 0 Å². The molecule has 4 saturated carbocycles. The summed E-state index contributed by atoms with van der Waals surface area (Å²) < 4.78 is 0. The minimum atomic E-state index is -0.524. The Labute approximate surface area is 404 Å². The van der Waals surface area contributed by atoms with Crippen LogP contribution in [0.1, 0.15) is 52.6 Å². The van der Waals surface area contributed by atoms with Crippen molar-refractivity contribution in [2.45, 2.75) is 30.1 Å². The van der Waals surface area contributed by atoms with E-state index in [1.54, 1.807) is 11.1 Å². The fourth-order valence-corrected chi connectivity index (χ4v) is 16.5. The molecule has 0 heterocycles. The highest BCUT2D eigenvalue weighted by atomic mass is 15.1. The Balaban J connectivity index is 0.992. The van der Waals surface area contributed by atoms with Gasteiger partial charge in [0, 0.05) is 22.2 Å². The molecule has 2 spiro atoms. The molecule has 0 aliphatic heterocycles. The monoisotopic (exact) mass is 879 g/mol. The van der Waals surface area contributed by atoms with Crippen molar-refractivity contribution < 1.29 is 0 Å². The van der Waals surface area contributed by atoms with Gasteiger partial charge in [0.15, 0.2) is 0 Å².